The summed E-state index contributed by atoms with van der Waals surface area (Å²) in [5.41, 5.74) is -0.682. The number of nitrogens with zero attached hydrogens (tertiary/aromatic N) is 1. The van der Waals surface area contributed by atoms with Crippen LogP contribution < -0.4 is 0 Å². The molecule has 1 unspecified atom stereocenters. The van der Waals surface area contributed by atoms with Gasteiger partial charge in [-0.1, -0.05) is 6.08 Å². The molecule has 0 saturated carbocycles. The number of esters is 1. The maximum absolute atomic E-state index is 11.8. The predicted molar refractivity (Wildman–Crippen MR) is 71.9 cm³/mol. The van der Waals surface area contributed by atoms with Gasteiger partial charge in [0.2, 0.25) is 5.91 Å². The third-order valence-corrected chi connectivity index (χ3v) is 2.96. The van der Waals surface area contributed by atoms with E-state index in [0.29, 0.717) is 0 Å². The first-order valence-electron chi connectivity index (χ1n) is 6.50. The first-order chi connectivity index (χ1) is 9.14. The van der Waals surface area contributed by atoms with Crippen molar-refractivity contribution in [3.8, 4) is 0 Å². The third kappa shape index (κ3) is 4.36. The average Bonchev–Trinajstić information content (AvgIpc) is 2.64. The van der Waals surface area contributed by atoms with Crippen molar-refractivity contribution in [3.63, 3.8) is 0 Å². The zero-order chi connectivity index (χ0) is 15.5. The van der Waals surface area contributed by atoms with Crippen molar-refractivity contribution in [2.75, 3.05) is 6.54 Å². The lowest BCUT2D eigenvalue weighted by molar-refractivity contribution is -0.161. The van der Waals surface area contributed by atoms with E-state index in [0.717, 1.165) is 0 Å². The summed E-state index contributed by atoms with van der Waals surface area (Å²) in [6.07, 6.45) is 1.52. The van der Waals surface area contributed by atoms with Crippen LogP contribution in [0, 0.1) is 5.92 Å². The van der Waals surface area contributed by atoms with E-state index in [2.05, 4.69) is 6.58 Å². The number of carbonyl (C=O) groups excluding carboxylic acids is 2. The van der Waals surface area contributed by atoms with Gasteiger partial charge in [0, 0.05) is 18.9 Å². The Morgan fingerprint density at radius 1 is 1.55 bits per heavy atom. The van der Waals surface area contributed by atoms with Gasteiger partial charge in [-0.05, 0) is 20.8 Å². The maximum atomic E-state index is 11.8. The average molecular weight is 283 g/mol. The second-order valence-electron chi connectivity index (χ2n) is 5.89. The topological polar surface area (TPSA) is 83.9 Å². The number of likely N-dealkylation sites (tertiary alicyclic amines) is 1. The third-order valence-electron chi connectivity index (χ3n) is 2.96. The van der Waals surface area contributed by atoms with E-state index < -0.39 is 23.6 Å². The van der Waals surface area contributed by atoms with Crippen molar-refractivity contribution in [1.82, 2.24) is 4.90 Å². The molecule has 0 aromatic heterocycles. The normalized spacial score (nSPS) is 20.6. The molecule has 0 aromatic rings. The Kier molecular flexibility index (Phi) is 4.92. The number of rotatable bonds is 5. The molecule has 1 heterocycles. The van der Waals surface area contributed by atoms with Crippen LogP contribution in [-0.2, 0) is 19.1 Å². The Morgan fingerprint density at radius 2 is 2.15 bits per heavy atom. The van der Waals surface area contributed by atoms with Crippen LogP contribution in [-0.4, -0.2) is 46.0 Å². The molecule has 0 spiro atoms. The first-order valence-corrected chi connectivity index (χ1v) is 6.50. The van der Waals surface area contributed by atoms with Gasteiger partial charge in [-0.2, -0.15) is 0 Å². The highest BCUT2D eigenvalue weighted by Crippen LogP contribution is 2.23. The predicted octanol–water partition coefficient (Wildman–Crippen LogP) is 1.21. The lowest BCUT2D eigenvalue weighted by atomic mass is 10.1. The van der Waals surface area contributed by atoms with Crippen molar-refractivity contribution in [2.45, 2.75) is 45.3 Å². The number of carboxylic acids is 1. The molecule has 1 fully saturated rings. The van der Waals surface area contributed by atoms with Crippen molar-refractivity contribution >= 4 is 17.8 Å². The van der Waals surface area contributed by atoms with Crippen molar-refractivity contribution in [3.05, 3.63) is 12.7 Å². The lowest BCUT2D eigenvalue weighted by Gasteiger charge is -2.26. The Morgan fingerprint density at radius 3 is 2.55 bits per heavy atom. The van der Waals surface area contributed by atoms with Gasteiger partial charge >= 0.3 is 11.9 Å². The van der Waals surface area contributed by atoms with Crippen LogP contribution in [0.4, 0.5) is 0 Å². The quantitative estimate of drug-likeness (QED) is 0.605. The fourth-order valence-electron chi connectivity index (χ4n) is 2.09. The zero-order valence-corrected chi connectivity index (χ0v) is 12.1. The van der Waals surface area contributed by atoms with E-state index >= 15 is 0 Å². The molecule has 0 bridgehead atoms. The van der Waals surface area contributed by atoms with Gasteiger partial charge in [-0.25, -0.2) is 4.79 Å². The van der Waals surface area contributed by atoms with E-state index in [4.69, 9.17) is 4.74 Å². The molecule has 0 aliphatic carbocycles. The van der Waals surface area contributed by atoms with Gasteiger partial charge in [0.15, 0.2) is 0 Å². The van der Waals surface area contributed by atoms with Crippen molar-refractivity contribution in [1.29, 1.82) is 0 Å². The van der Waals surface area contributed by atoms with Crippen LogP contribution in [0.5, 0.6) is 0 Å². The van der Waals surface area contributed by atoms with Crippen LogP contribution in [0.25, 0.3) is 0 Å². The summed E-state index contributed by atoms with van der Waals surface area (Å²) in [7, 11) is 0. The monoisotopic (exact) mass is 283 g/mol. The fourth-order valence-corrected chi connectivity index (χ4v) is 2.09. The number of hydrogen-bond donors (Lipinski definition) is 1. The summed E-state index contributed by atoms with van der Waals surface area (Å²) in [5.74, 6) is -2.16. The molecule has 1 aliphatic rings. The highest BCUT2D eigenvalue weighted by Gasteiger charge is 2.38. The molecule has 20 heavy (non-hydrogen) atoms. The van der Waals surface area contributed by atoms with Gasteiger partial charge in [-0.3, -0.25) is 9.59 Å². The molecule has 2 atom stereocenters. The molecule has 6 heteroatoms. The SMILES string of the molecule is C=CC1CC(=O)N([C@@H](CC(=O)OC(C)(C)C)C(=O)O)C1. The smallest absolute Gasteiger partial charge is 0.327 e. The van der Waals surface area contributed by atoms with E-state index in [1.165, 1.54) is 4.90 Å². The van der Waals surface area contributed by atoms with E-state index in [1.54, 1.807) is 26.8 Å². The van der Waals surface area contributed by atoms with Gasteiger partial charge in [-0.15, -0.1) is 6.58 Å². The minimum absolute atomic E-state index is 0.0667. The highest BCUT2D eigenvalue weighted by molar-refractivity contribution is 5.88. The summed E-state index contributed by atoms with van der Waals surface area (Å²) in [5, 5.41) is 9.23. The summed E-state index contributed by atoms with van der Waals surface area (Å²) < 4.78 is 5.11. The largest absolute Gasteiger partial charge is 0.480 e. The number of amides is 1. The second-order valence-corrected chi connectivity index (χ2v) is 5.89. The van der Waals surface area contributed by atoms with Crippen LogP contribution in [0.1, 0.15) is 33.6 Å². The zero-order valence-electron chi connectivity index (χ0n) is 12.1. The van der Waals surface area contributed by atoms with Gasteiger partial charge in [0.25, 0.3) is 0 Å². The minimum Gasteiger partial charge on any atom is -0.480 e. The van der Waals surface area contributed by atoms with Crippen LogP contribution in [0.15, 0.2) is 12.7 Å². The Balaban J connectivity index is 2.75. The summed E-state index contributed by atoms with van der Waals surface area (Å²) in [4.78, 5) is 36.1. The summed E-state index contributed by atoms with van der Waals surface area (Å²) >= 11 is 0. The number of aliphatic carboxylic acids is 1. The minimum atomic E-state index is -1.20. The van der Waals surface area contributed by atoms with E-state index in [1.807, 2.05) is 0 Å². The number of carbonyl (C=O) groups is 3. The Hall–Kier alpha value is -1.85. The molecule has 0 radical (unpaired) electrons. The van der Waals surface area contributed by atoms with Crippen LogP contribution in [0.3, 0.4) is 0 Å². The van der Waals surface area contributed by atoms with Gasteiger partial charge in [0.05, 0.1) is 6.42 Å². The standard InChI is InChI=1S/C14H21NO5/c1-5-9-6-11(16)15(8-9)10(13(18)19)7-12(17)20-14(2,3)4/h5,9-10H,1,6-8H2,2-4H3,(H,18,19)/t9?,10-/m0/s1. The van der Waals surface area contributed by atoms with Crippen LogP contribution >= 0.6 is 0 Å². The fraction of sp³-hybridized carbons (Fsp3) is 0.643. The molecule has 1 aliphatic heterocycles. The molecular formula is C14H21NO5. The van der Waals surface area contributed by atoms with Crippen LogP contribution in [0.2, 0.25) is 0 Å². The molecular weight excluding hydrogens is 262 g/mol. The number of carboxylic acid groups (broad SMARTS) is 1. The van der Waals surface area contributed by atoms with Gasteiger partial charge in [0.1, 0.15) is 11.6 Å². The summed E-state index contributed by atoms with van der Waals surface area (Å²) in [6, 6.07) is -1.18. The Bertz CT molecular complexity index is 424. The van der Waals surface area contributed by atoms with E-state index in [-0.39, 0.29) is 31.2 Å². The van der Waals surface area contributed by atoms with E-state index in [9.17, 15) is 19.5 Å². The lowest BCUT2D eigenvalue weighted by Crippen LogP contribution is -2.44. The second kappa shape index (κ2) is 6.07. The number of ether oxygens (including phenoxy) is 1. The number of hydrogen-bond acceptors (Lipinski definition) is 4. The molecule has 1 N–H and O–H groups in total. The molecule has 1 rings (SSSR count). The molecule has 1 saturated heterocycles. The highest BCUT2D eigenvalue weighted by atomic mass is 16.6. The van der Waals surface area contributed by atoms with Crippen molar-refractivity contribution in [2.24, 2.45) is 5.92 Å². The summed E-state index contributed by atoms with van der Waals surface area (Å²) in [6.45, 7) is 9.00. The van der Waals surface area contributed by atoms with Gasteiger partial charge < -0.3 is 14.7 Å². The molecule has 0 aromatic carbocycles. The Labute approximate surface area is 118 Å². The molecule has 6 nitrogen and oxygen atoms in total. The molecule has 1 amide bonds. The van der Waals surface area contributed by atoms with Crippen molar-refractivity contribution < 1.29 is 24.2 Å². The maximum Gasteiger partial charge on any atom is 0.327 e. The molecule has 112 valence electrons. The first kappa shape index (κ1) is 16.2.